The van der Waals surface area contributed by atoms with Crippen LogP contribution in [0.15, 0.2) is 102 Å². The minimum atomic E-state index is -0.455. The summed E-state index contributed by atoms with van der Waals surface area (Å²) < 4.78 is 0. The number of nitrogens with one attached hydrogen (secondary N) is 1. The van der Waals surface area contributed by atoms with Gasteiger partial charge >= 0.3 is 0 Å². The molecule has 0 aliphatic carbocycles. The summed E-state index contributed by atoms with van der Waals surface area (Å²) in [7, 11) is 0. The standard InChI is InChI=1S/C27H19N5O3/c33-26-14-11-20-15-21(32(34)35)12-13-22(20)23(26)17-28-31-27-29-24(18-7-3-1-4-8-18)16-25(30-27)19-9-5-2-6-10-19/h1-17,33H,(H,29,30,31)/b28-17-. The van der Waals surface area contributed by atoms with E-state index in [4.69, 9.17) is 0 Å². The van der Waals surface area contributed by atoms with Crippen molar-refractivity contribution < 1.29 is 10.0 Å². The van der Waals surface area contributed by atoms with Crippen molar-refractivity contribution in [3.8, 4) is 28.3 Å². The molecule has 35 heavy (non-hydrogen) atoms. The van der Waals surface area contributed by atoms with Crippen LogP contribution in [0.5, 0.6) is 5.75 Å². The van der Waals surface area contributed by atoms with E-state index in [1.54, 1.807) is 12.1 Å². The third-order valence-corrected chi connectivity index (χ3v) is 5.46. The molecule has 0 spiro atoms. The summed E-state index contributed by atoms with van der Waals surface area (Å²) in [6.45, 7) is 0. The quantitative estimate of drug-likeness (QED) is 0.181. The van der Waals surface area contributed by atoms with Crippen LogP contribution < -0.4 is 5.43 Å². The molecular formula is C27H19N5O3. The van der Waals surface area contributed by atoms with E-state index in [2.05, 4.69) is 20.5 Å². The number of phenolic OH excluding ortho intramolecular Hbond substituents is 1. The van der Waals surface area contributed by atoms with Gasteiger partial charge < -0.3 is 5.11 Å². The second kappa shape index (κ2) is 9.40. The molecule has 0 atom stereocenters. The molecule has 0 amide bonds. The third-order valence-electron chi connectivity index (χ3n) is 5.46. The number of aromatic hydroxyl groups is 1. The maximum atomic E-state index is 11.1. The topological polar surface area (TPSA) is 114 Å². The van der Waals surface area contributed by atoms with E-state index in [1.807, 2.05) is 66.7 Å². The number of nitro groups is 1. The Hall–Kier alpha value is -5.11. The first kappa shape index (κ1) is 21.7. The van der Waals surface area contributed by atoms with Crippen LogP contribution in [0.2, 0.25) is 0 Å². The molecule has 8 nitrogen and oxygen atoms in total. The lowest BCUT2D eigenvalue weighted by molar-refractivity contribution is -0.384. The molecule has 1 aromatic heterocycles. The van der Waals surface area contributed by atoms with E-state index >= 15 is 0 Å². The van der Waals surface area contributed by atoms with Gasteiger partial charge in [-0.15, -0.1) is 0 Å². The van der Waals surface area contributed by atoms with E-state index in [9.17, 15) is 15.2 Å². The van der Waals surface area contributed by atoms with Gasteiger partial charge in [0.15, 0.2) is 0 Å². The molecule has 5 aromatic rings. The molecule has 0 unspecified atom stereocenters. The van der Waals surface area contributed by atoms with Crippen molar-refractivity contribution >= 4 is 28.6 Å². The first-order valence-corrected chi connectivity index (χ1v) is 10.8. The van der Waals surface area contributed by atoms with Gasteiger partial charge in [0.1, 0.15) is 5.75 Å². The van der Waals surface area contributed by atoms with Crippen LogP contribution in [0.25, 0.3) is 33.3 Å². The van der Waals surface area contributed by atoms with Crippen molar-refractivity contribution in [2.45, 2.75) is 0 Å². The van der Waals surface area contributed by atoms with Gasteiger partial charge in [-0.2, -0.15) is 5.10 Å². The fraction of sp³-hybridized carbons (Fsp3) is 0. The number of hydrogen-bond donors (Lipinski definition) is 2. The number of benzene rings is 4. The Balaban J connectivity index is 1.51. The monoisotopic (exact) mass is 461 g/mol. The van der Waals surface area contributed by atoms with Crippen molar-refractivity contribution in [3.63, 3.8) is 0 Å². The van der Waals surface area contributed by atoms with Gasteiger partial charge in [-0.25, -0.2) is 15.4 Å². The summed E-state index contributed by atoms with van der Waals surface area (Å²) in [6, 6.07) is 29.0. The van der Waals surface area contributed by atoms with Crippen LogP contribution in [0.1, 0.15) is 5.56 Å². The number of hydrogen-bond acceptors (Lipinski definition) is 7. The molecule has 5 rings (SSSR count). The van der Waals surface area contributed by atoms with E-state index in [1.165, 1.54) is 24.4 Å². The Labute approximate surface area is 200 Å². The average molecular weight is 461 g/mol. The number of aromatic nitrogens is 2. The Morgan fingerprint density at radius 1 is 0.829 bits per heavy atom. The molecule has 0 saturated heterocycles. The molecule has 0 aliphatic rings. The molecule has 0 saturated carbocycles. The second-order valence-corrected chi connectivity index (χ2v) is 7.72. The van der Waals surface area contributed by atoms with Crippen LogP contribution in [0, 0.1) is 10.1 Å². The summed E-state index contributed by atoms with van der Waals surface area (Å²) in [5, 5.41) is 27.0. The predicted octanol–water partition coefficient (Wildman–Crippen LogP) is 6.02. The number of non-ortho nitro benzene ring substituents is 1. The van der Waals surface area contributed by atoms with E-state index in [0.717, 1.165) is 22.5 Å². The number of hydrazone groups is 1. The predicted molar refractivity (Wildman–Crippen MR) is 136 cm³/mol. The summed E-state index contributed by atoms with van der Waals surface area (Å²) >= 11 is 0. The van der Waals surface area contributed by atoms with Crippen molar-refractivity contribution in [2.24, 2.45) is 5.10 Å². The van der Waals surface area contributed by atoms with Crippen molar-refractivity contribution in [1.29, 1.82) is 0 Å². The normalized spacial score (nSPS) is 11.1. The zero-order valence-corrected chi connectivity index (χ0v) is 18.4. The molecule has 0 radical (unpaired) electrons. The van der Waals surface area contributed by atoms with Crippen molar-refractivity contribution in [1.82, 2.24) is 9.97 Å². The fourth-order valence-electron chi connectivity index (χ4n) is 3.74. The Morgan fingerprint density at radius 3 is 2.06 bits per heavy atom. The highest BCUT2D eigenvalue weighted by molar-refractivity contribution is 6.03. The zero-order chi connectivity index (χ0) is 24.2. The van der Waals surface area contributed by atoms with Gasteiger partial charge in [-0.05, 0) is 29.0 Å². The summed E-state index contributed by atoms with van der Waals surface area (Å²) in [4.78, 5) is 19.8. The molecule has 1 heterocycles. The lowest BCUT2D eigenvalue weighted by Gasteiger charge is -2.09. The van der Waals surface area contributed by atoms with Crippen LogP contribution in [0.4, 0.5) is 11.6 Å². The van der Waals surface area contributed by atoms with Crippen LogP contribution in [0.3, 0.4) is 0 Å². The highest BCUT2D eigenvalue weighted by Crippen LogP contribution is 2.29. The minimum absolute atomic E-state index is 0.000771. The summed E-state index contributed by atoms with van der Waals surface area (Å²) in [6.07, 6.45) is 1.45. The van der Waals surface area contributed by atoms with Crippen LogP contribution in [-0.4, -0.2) is 26.2 Å². The van der Waals surface area contributed by atoms with Gasteiger partial charge in [0.25, 0.3) is 5.69 Å². The minimum Gasteiger partial charge on any atom is -0.507 e. The molecule has 0 bridgehead atoms. The van der Waals surface area contributed by atoms with Crippen LogP contribution >= 0.6 is 0 Å². The van der Waals surface area contributed by atoms with Gasteiger partial charge in [-0.3, -0.25) is 10.1 Å². The lowest BCUT2D eigenvalue weighted by atomic mass is 10.0. The first-order chi connectivity index (χ1) is 17.1. The Morgan fingerprint density at radius 2 is 1.46 bits per heavy atom. The molecule has 8 heteroatoms. The molecule has 170 valence electrons. The smallest absolute Gasteiger partial charge is 0.270 e. The SMILES string of the molecule is O=[N+]([O-])c1ccc2c(/C=N\Nc3nc(-c4ccccc4)cc(-c4ccccc4)n3)c(O)ccc2c1. The highest BCUT2D eigenvalue weighted by Gasteiger charge is 2.11. The molecule has 2 N–H and O–H groups in total. The maximum Gasteiger partial charge on any atom is 0.270 e. The fourth-order valence-corrected chi connectivity index (χ4v) is 3.74. The highest BCUT2D eigenvalue weighted by atomic mass is 16.6. The van der Waals surface area contributed by atoms with E-state index in [0.29, 0.717) is 16.3 Å². The van der Waals surface area contributed by atoms with Crippen molar-refractivity contribution in [2.75, 3.05) is 5.43 Å². The third kappa shape index (κ3) is 4.67. The number of fused-ring (bicyclic) bond motifs is 1. The van der Waals surface area contributed by atoms with Crippen molar-refractivity contribution in [3.05, 3.63) is 113 Å². The lowest BCUT2D eigenvalue weighted by Crippen LogP contribution is -2.00. The largest absolute Gasteiger partial charge is 0.507 e. The first-order valence-electron chi connectivity index (χ1n) is 10.8. The van der Waals surface area contributed by atoms with E-state index < -0.39 is 4.92 Å². The molecule has 0 fully saturated rings. The number of rotatable bonds is 6. The van der Waals surface area contributed by atoms with Gasteiger partial charge in [0.2, 0.25) is 5.95 Å². The molecular weight excluding hydrogens is 442 g/mol. The summed E-state index contributed by atoms with van der Waals surface area (Å²) in [5.74, 6) is 0.289. The average Bonchev–Trinajstić information content (AvgIpc) is 2.90. The van der Waals surface area contributed by atoms with E-state index in [-0.39, 0.29) is 17.4 Å². The Kier molecular flexibility index (Phi) is 5.83. The van der Waals surface area contributed by atoms with Gasteiger partial charge in [0, 0.05) is 28.8 Å². The number of nitro benzene ring substituents is 1. The number of nitrogens with zero attached hydrogens (tertiary/aromatic N) is 4. The Bertz CT molecular complexity index is 1500. The van der Waals surface area contributed by atoms with Gasteiger partial charge in [-0.1, -0.05) is 66.7 Å². The second-order valence-electron chi connectivity index (χ2n) is 7.72. The molecule has 0 aliphatic heterocycles. The maximum absolute atomic E-state index is 11.1. The van der Waals surface area contributed by atoms with Crippen LogP contribution in [-0.2, 0) is 0 Å². The number of anilines is 1. The zero-order valence-electron chi connectivity index (χ0n) is 18.4. The number of phenols is 1. The van der Waals surface area contributed by atoms with Gasteiger partial charge in [0.05, 0.1) is 22.5 Å². The molecule has 4 aromatic carbocycles. The summed E-state index contributed by atoms with van der Waals surface area (Å²) in [5.41, 5.74) is 6.60.